The molecule has 2 atom stereocenters. The van der Waals surface area contributed by atoms with Gasteiger partial charge in [-0.3, -0.25) is 15.1 Å². The Morgan fingerprint density at radius 1 is 1.24 bits per heavy atom. The minimum absolute atomic E-state index is 0.204. The number of pyridine rings is 1. The van der Waals surface area contributed by atoms with E-state index in [0.717, 1.165) is 23.6 Å². The highest BCUT2D eigenvalue weighted by molar-refractivity contribution is 8.01. The molecule has 1 amide bonds. The number of aromatic nitrogens is 1. The first kappa shape index (κ1) is 14.1. The maximum atomic E-state index is 12.2. The molecule has 0 aliphatic carbocycles. The van der Waals surface area contributed by atoms with Crippen LogP contribution >= 0.6 is 11.8 Å². The molecule has 0 saturated carbocycles. The van der Waals surface area contributed by atoms with Crippen LogP contribution < -0.4 is 11.1 Å². The molecular formula is C16H17N3OS. The van der Waals surface area contributed by atoms with Crippen molar-refractivity contribution in [3.63, 3.8) is 0 Å². The van der Waals surface area contributed by atoms with Crippen molar-refractivity contribution in [1.82, 2.24) is 10.3 Å². The van der Waals surface area contributed by atoms with E-state index in [9.17, 15) is 4.79 Å². The van der Waals surface area contributed by atoms with E-state index in [1.807, 2.05) is 48.5 Å². The highest BCUT2D eigenvalue weighted by atomic mass is 32.2. The number of hydrogen-bond donors (Lipinski definition) is 2. The molecule has 0 spiro atoms. The van der Waals surface area contributed by atoms with Crippen LogP contribution in [0.15, 0.2) is 54.7 Å². The predicted octanol–water partition coefficient (Wildman–Crippen LogP) is 1.73. The van der Waals surface area contributed by atoms with E-state index in [-0.39, 0.29) is 11.8 Å². The van der Waals surface area contributed by atoms with E-state index >= 15 is 0 Å². The summed E-state index contributed by atoms with van der Waals surface area (Å²) in [6, 6.07) is 15.7. The molecule has 3 rings (SSSR count). The molecule has 1 aromatic heterocycles. The fourth-order valence-corrected chi connectivity index (χ4v) is 4.09. The van der Waals surface area contributed by atoms with Crippen molar-refractivity contribution in [1.29, 1.82) is 0 Å². The molecule has 1 aliphatic rings. The van der Waals surface area contributed by atoms with Gasteiger partial charge in [-0.15, -0.1) is 11.8 Å². The quantitative estimate of drug-likeness (QED) is 0.902. The predicted molar refractivity (Wildman–Crippen MR) is 84.9 cm³/mol. The summed E-state index contributed by atoms with van der Waals surface area (Å²) >= 11 is 1.57. The first-order chi connectivity index (χ1) is 10.2. The standard InChI is InChI=1S/C16H17N3OS/c17-15(20)16(19-10-11-21-16)14(12-6-2-1-3-7-12)13-8-4-5-9-18-13/h1-9,14,19H,10-11H2,(H2,17,20)/t14-,16?/m0/s1. The summed E-state index contributed by atoms with van der Waals surface area (Å²) in [6.45, 7) is 0.768. The number of nitrogens with two attached hydrogens (primary N) is 1. The summed E-state index contributed by atoms with van der Waals surface area (Å²) in [5.41, 5.74) is 7.65. The Bertz CT molecular complexity index is 572. The van der Waals surface area contributed by atoms with E-state index in [0.29, 0.717) is 0 Å². The normalized spacial score (nSPS) is 22.9. The third-order valence-corrected chi connectivity index (χ3v) is 5.15. The van der Waals surface area contributed by atoms with Crippen molar-refractivity contribution in [2.24, 2.45) is 5.73 Å². The summed E-state index contributed by atoms with van der Waals surface area (Å²) in [6.07, 6.45) is 1.75. The molecule has 1 aliphatic heterocycles. The average Bonchev–Trinajstić information content (AvgIpc) is 3.00. The number of primary amides is 1. The van der Waals surface area contributed by atoms with Crippen molar-refractivity contribution in [3.8, 4) is 0 Å². The smallest absolute Gasteiger partial charge is 0.249 e. The number of carbonyl (C=O) groups is 1. The fraction of sp³-hybridized carbons (Fsp3) is 0.250. The van der Waals surface area contributed by atoms with E-state index in [1.165, 1.54) is 0 Å². The van der Waals surface area contributed by atoms with Crippen LogP contribution in [0.3, 0.4) is 0 Å². The number of amides is 1. The van der Waals surface area contributed by atoms with Crippen LogP contribution in [0.25, 0.3) is 0 Å². The third kappa shape index (κ3) is 2.54. The van der Waals surface area contributed by atoms with Gasteiger partial charge in [0, 0.05) is 18.5 Å². The summed E-state index contributed by atoms with van der Waals surface area (Å²) in [4.78, 5) is 15.9. The highest BCUT2D eigenvalue weighted by Gasteiger charge is 2.49. The first-order valence-corrected chi connectivity index (χ1v) is 7.87. The van der Waals surface area contributed by atoms with Crippen molar-refractivity contribution in [2.45, 2.75) is 10.8 Å². The first-order valence-electron chi connectivity index (χ1n) is 6.89. The minimum atomic E-state index is -0.838. The molecule has 0 radical (unpaired) electrons. The van der Waals surface area contributed by atoms with Gasteiger partial charge in [0.15, 0.2) is 4.87 Å². The molecule has 1 unspecified atom stereocenters. The second-order valence-corrected chi connectivity index (χ2v) is 6.31. The van der Waals surface area contributed by atoms with Gasteiger partial charge in [0.25, 0.3) is 0 Å². The molecule has 4 nitrogen and oxygen atoms in total. The zero-order chi connectivity index (χ0) is 14.7. The molecule has 108 valence electrons. The van der Waals surface area contributed by atoms with Gasteiger partial charge in [0.1, 0.15) is 0 Å². The minimum Gasteiger partial charge on any atom is -0.367 e. The molecule has 5 heteroatoms. The van der Waals surface area contributed by atoms with Gasteiger partial charge >= 0.3 is 0 Å². The van der Waals surface area contributed by atoms with Crippen molar-refractivity contribution in [2.75, 3.05) is 12.3 Å². The summed E-state index contributed by atoms with van der Waals surface area (Å²) in [7, 11) is 0. The molecular weight excluding hydrogens is 282 g/mol. The highest BCUT2D eigenvalue weighted by Crippen LogP contribution is 2.43. The Balaban J connectivity index is 2.15. The molecule has 21 heavy (non-hydrogen) atoms. The monoisotopic (exact) mass is 299 g/mol. The molecule has 1 aromatic carbocycles. The zero-order valence-electron chi connectivity index (χ0n) is 11.5. The lowest BCUT2D eigenvalue weighted by Crippen LogP contribution is -2.54. The van der Waals surface area contributed by atoms with E-state index in [1.54, 1.807) is 18.0 Å². The summed E-state index contributed by atoms with van der Waals surface area (Å²) in [5, 5.41) is 3.32. The van der Waals surface area contributed by atoms with Gasteiger partial charge in [0.05, 0.1) is 11.6 Å². The van der Waals surface area contributed by atoms with Gasteiger partial charge < -0.3 is 5.73 Å². The Labute approximate surface area is 128 Å². The SMILES string of the molecule is NC(=O)C1([C@@H](c2ccccc2)c2ccccn2)NCCS1. The number of benzene rings is 1. The second kappa shape index (κ2) is 5.87. The van der Waals surface area contributed by atoms with Gasteiger partial charge in [-0.2, -0.15) is 0 Å². The number of thioether (sulfide) groups is 1. The molecule has 2 aromatic rings. The maximum absolute atomic E-state index is 12.2. The van der Waals surface area contributed by atoms with Gasteiger partial charge in [-0.1, -0.05) is 36.4 Å². The van der Waals surface area contributed by atoms with Gasteiger partial charge in [0.2, 0.25) is 5.91 Å². The Kier molecular flexibility index (Phi) is 3.94. The van der Waals surface area contributed by atoms with Crippen molar-refractivity contribution >= 4 is 17.7 Å². The topological polar surface area (TPSA) is 68.0 Å². The van der Waals surface area contributed by atoms with E-state index in [2.05, 4.69) is 10.3 Å². The summed E-state index contributed by atoms with van der Waals surface area (Å²) < 4.78 is 0. The largest absolute Gasteiger partial charge is 0.367 e. The Hall–Kier alpha value is -1.85. The van der Waals surface area contributed by atoms with Crippen LogP contribution in [0.4, 0.5) is 0 Å². The lowest BCUT2D eigenvalue weighted by Gasteiger charge is -2.34. The molecule has 0 bridgehead atoms. The summed E-state index contributed by atoms with van der Waals surface area (Å²) in [5.74, 6) is 0.313. The zero-order valence-corrected chi connectivity index (χ0v) is 12.3. The fourth-order valence-electron chi connectivity index (χ4n) is 2.79. The lowest BCUT2D eigenvalue weighted by atomic mass is 9.87. The Morgan fingerprint density at radius 3 is 2.57 bits per heavy atom. The van der Waals surface area contributed by atoms with Crippen LogP contribution in [-0.4, -0.2) is 28.1 Å². The second-order valence-electron chi connectivity index (χ2n) is 4.97. The van der Waals surface area contributed by atoms with Crippen LogP contribution in [0.2, 0.25) is 0 Å². The number of nitrogens with zero attached hydrogens (tertiary/aromatic N) is 1. The number of rotatable bonds is 4. The molecule has 2 heterocycles. The van der Waals surface area contributed by atoms with Crippen molar-refractivity contribution < 1.29 is 4.79 Å². The van der Waals surface area contributed by atoms with Gasteiger partial charge in [-0.25, -0.2) is 0 Å². The number of nitrogens with one attached hydrogen (secondary N) is 1. The number of carbonyl (C=O) groups excluding carboxylic acids is 1. The molecule has 3 N–H and O–H groups in total. The van der Waals surface area contributed by atoms with Crippen LogP contribution in [0.1, 0.15) is 17.2 Å². The Morgan fingerprint density at radius 2 is 2.00 bits per heavy atom. The average molecular weight is 299 g/mol. The van der Waals surface area contributed by atoms with E-state index in [4.69, 9.17) is 5.73 Å². The van der Waals surface area contributed by atoms with Crippen LogP contribution in [0, 0.1) is 0 Å². The molecule has 1 saturated heterocycles. The van der Waals surface area contributed by atoms with Crippen LogP contribution in [0.5, 0.6) is 0 Å². The molecule has 1 fully saturated rings. The third-order valence-electron chi connectivity index (χ3n) is 3.71. The number of hydrogen-bond acceptors (Lipinski definition) is 4. The van der Waals surface area contributed by atoms with E-state index < -0.39 is 4.87 Å². The lowest BCUT2D eigenvalue weighted by molar-refractivity contribution is -0.121. The van der Waals surface area contributed by atoms with Crippen molar-refractivity contribution in [3.05, 3.63) is 66.0 Å². The maximum Gasteiger partial charge on any atom is 0.249 e. The van der Waals surface area contributed by atoms with Gasteiger partial charge in [-0.05, 0) is 17.7 Å². The van der Waals surface area contributed by atoms with Crippen LogP contribution in [-0.2, 0) is 4.79 Å².